The number of sulfonamides is 1. The smallest absolute Gasteiger partial charge is 0.489 e. The predicted molar refractivity (Wildman–Crippen MR) is 133 cm³/mol. The van der Waals surface area contributed by atoms with Gasteiger partial charge in [0.25, 0.3) is 10.0 Å². The van der Waals surface area contributed by atoms with E-state index in [4.69, 9.17) is 16.3 Å². The number of hydrogen-bond acceptors (Lipinski definition) is 6. The molecule has 0 saturated carbocycles. The predicted octanol–water partition coefficient (Wildman–Crippen LogP) is 6.23. The fourth-order valence-corrected chi connectivity index (χ4v) is 7.36. The Balaban J connectivity index is 1.30. The van der Waals surface area contributed by atoms with Gasteiger partial charge in [0.05, 0.1) is 10.4 Å². The van der Waals surface area contributed by atoms with Crippen LogP contribution in [0, 0.1) is 0 Å². The first-order valence-electron chi connectivity index (χ1n) is 11.4. The van der Waals surface area contributed by atoms with Crippen molar-refractivity contribution < 1.29 is 35.9 Å². The average molecular weight is 574 g/mol. The molecule has 4 rings (SSSR count). The van der Waals surface area contributed by atoms with Crippen LogP contribution in [0.25, 0.3) is 0 Å². The number of carbonyl (C=O) groups excluding carboxylic acids is 1. The maximum atomic E-state index is 13.0. The summed E-state index contributed by atoms with van der Waals surface area (Å²) in [5.41, 5.74) is 1.69. The fourth-order valence-electron chi connectivity index (χ4n) is 4.07. The van der Waals surface area contributed by atoms with Crippen LogP contribution < -0.4 is 9.47 Å². The summed E-state index contributed by atoms with van der Waals surface area (Å²) in [6, 6.07) is 14.9. The van der Waals surface area contributed by atoms with E-state index in [-0.39, 0.29) is 34.5 Å². The highest BCUT2D eigenvalue weighted by atomic mass is 35.5. The van der Waals surface area contributed by atoms with Gasteiger partial charge in [-0.15, -0.1) is 24.5 Å². The van der Waals surface area contributed by atoms with Crippen molar-refractivity contribution in [1.29, 1.82) is 0 Å². The lowest BCUT2D eigenvalue weighted by molar-refractivity contribution is -0.274. The number of thiophene rings is 1. The molecule has 3 aromatic rings. The van der Waals surface area contributed by atoms with E-state index >= 15 is 0 Å². The number of benzene rings is 2. The van der Waals surface area contributed by atoms with E-state index in [0.717, 1.165) is 28.5 Å². The van der Waals surface area contributed by atoms with E-state index < -0.39 is 22.4 Å². The Morgan fingerprint density at radius 1 is 1.05 bits per heavy atom. The summed E-state index contributed by atoms with van der Waals surface area (Å²) in [6.45, 7) is 0.435. The van der Waals surface area contributed by atoms with Gasteiger partial charge in [0.1, 0.15) is 22.3 Å². The van der Waals surface area contributed by atoms with Crippen LogP contribution in [-0.4, -0.2) is 37.5 Å². The molecule has 0 spiro atoms. The molecule has 198 valence electrons. The number of Topliss-reactive ketones (excluding diaryl/α,β-unsaturated/α-hetero) is 1. The van der Waals surface area contributed by atoms with E-state index in [9.17, 15) is 26.4 Å². The van der Waals surface area contributed by atoms with Gasteiger partial charge in [-0.3, -0.25) is 4.79 Å². The molecular formula is C25H23ClF3NO5S2. The van der Waals surface area contributed by atoms with E-state index in [1.54, 1.807) is 0 Å². The quantitative estimate of drug-likeness (QED) is 0.287. The molecule has 1 atom stereocenters. The minimum atomic E-state index is -4.78. The monoisotopic (exact) mass is 573 g/mol. The molecular weight excluding hydrogens is 551 g/mol. The fraction of sp³-hybridized carbons (Fsp3) is 0.320. The van der Waals surface area contributed by atoms with Gasteiger partial charge in [-0.25, -0.2) is 8.42 Å². The highest BCUT2D eigenvalue weighted by Gasteiger charge is 2.39. The third-order valence-corrected chi connectivity index (χ3v) is 9.42. The molecule has 1 aliphatic rings. The molecule has 1 fully saturated rings. The van der Waals surface area contributed by atoms with Crippen molar-refractivity contribution >= 4 is 38.7 Å². The normalized spacial score (nSPS) is 16.6. The van der Waals surface area contributed by atoms with Gasteiger partial charge in [-0.2, -0.15) is 4.31 Å². The van der Waals surface area contributed by atoms with E-state index in [1.165, 1.54) is 34.6 Å². The van der Waals surface area contributed by atoms with Crippen LogP contribution in [-0.2, 0) is 27.8 Å². The van der Waals surface area contributed by atoms with E-state index in [0.29, 0.717) is 30.1 Å². The molecule has 37 heavy (non-hydrogen) atoms. The van der Waals surface area contributed by atoms with Crippen LogP contribution in [0.1, 0.15) is 30.4 Å². The third-order valence-electron chi connectivity index (χ3n) is 5.81. The Labute approximate surface area is 221 Å². The maximum absolute atomic E-state index is 13.0. The third kappa shape index (κ3) is 7.25. The lowest BCUT2D eigenvalue weighted by atomic mass is 10.0. The largest absolute Gasteiger partial charge is 0.573 e. The minimum absolute atomic E-state index is 0.128. The van der Waals surface area contributed by atoms with Gasteiger partial charge >= 0.3 is 6.36 Å². The SMILES string of the molecule is O=C(CCc1ccc(COc2cccc(OC(F)(F)F)c2)cc1)[C@@H]1CCCN1S(=O)(=O)c1ccc(Cl)s1. The first-order valence-corrected chi connectivity index (χ1v) is 14.0. The van der Waals surface area contributed by atoms with Crippen LogP contribution in [0.2, 0.25) is 4.34 Å². The molecule has 0 unspecified atom stereocenters. The summed E-state index contributed by atoms with van der Waals surface area (Å²) in [7, 11) is -3.77. The van der Waals surface area contributed by atoms with Crippen LogP contribution in [0.5, 0.6) is 11.5 Å². The number of alkyl halides is 3. The average Bonchev–Trinajstić information content (AvgIpc) is 3.51. The summed E-state index contributed by atoms with van der Waals surface area (Å²) < 4.78 is 74.4. The molecule has 2 heterocycles. The molecule has 0 aliphatic carbocycles. The number of nitrogens with zero attached hydrogens (tertiary/aromatic N) is 1. The zero-order valence-electron chi connectivity index (χ0n) is 19.4. The van der Waals surface area contributed by atoms with Crippen molar-refractivity contribution in [3.8, 4) is 11.5 Å². The van der Waals surface area contributed by atoms with Gasteiger partial charge in [0.15, 0.2) is 5.78 Å². The topological polar surface area (TPSA) is 72.9 Å². The Morgan fingerprint density at radius 3 is 2.43 bits per heavy atom. The lowest BCUT2D eigenvalue weighted by Crippen LogP contribution is -2.40. The maximum Gasteiger partial charge on any atom is 0.573 e. The molecule has 6 nitrogen and oxygen atoms in total. The molecule has 1 aliphatic heterocycles. The second-order valence-corrected chi connectivity index (χ2v) is 12.3. The highest BCUT2D eigenvalue weighted by molar-refractivity contribution is 7.91. The van der Waals surface area contributed by atoms with Crippen LogP contribution in [0.4, 0.5) is 13.2 Å². The van der Waals surface area contributed by atoms with Gasteiger partial charge < -0.3 is 9.47 Å². The zero-order chi connectivity index (χ0) is 26.6. The number of hydrogen-bond donors (Lipinski definition) is 0. The van der Waals surface area contributed by atoms with Gasteiger partial charge in [0, 0.05) is 19.0 Å². The highest BCUT2D eigenvalue weighted by Crippen LogP contribution is 2.33. The lowest BCUT2D eigenvalue weighted by Gasteiger charge is -2.22. The first-order chi connectivity index (χ1) is 17.5. The molecule has 12 heteroatoms. The Hall–Kier alpha value is -2.60. The second kappa shape index (κ2) is 11.4. The molecule has 0 bridgehead atoms. The summed E-state index contributed by atoms with van der Waals surface area (Å²) in [4.78, 5) is 12.9. The van der Waals surface area contributed by atoms with Gasteiger partial charge in [0.2, 0.25) is 0 Å². The van der Waals surface area contributed by atoms with Crippen molar-refractivity contribution in [3.05, 3.63) is 76.1 Å². The first kappa shape index (κ1) is 27.4. The van der Waals surface area contributed by atoms with Crippen molar-refractivity contribution in [3.63, 3.8) is 0 Å². The zero-order valence-corrected chi connectivity index (χ0v) is 21.8. The van der Waals surface area contributed by atoms with Crippen molar-refractivity contribution in [1.82, 2.24) is 4.31 Å². The standard InChI is InChI=1S/C25H23ClF3NO5S2/c26-23-12-13-24(36-23)37(32,33)30-14-2-5-21(30)22(31)11-10-17-6-8-18(9-7-17)16-34-19-3-1-4-20(15-19)35-25(27,28)29/h1,3-4,6-9,12-13,15,21H,2,5,10-11,14,16H2/t21-/m0/s1. The number of ether oxygens (including phenoxy) is 2. The summed E-state index contributed by atoms with van der Waals surface area (Å²) in [6.07, 6.45) is -3.02. The number of halogens is 4. The van der Waals surface area contributed by atoms with E-state index in [1.807, 2.05) is 24.3 Å². The summed E-state index contributed by atoms with van der Waals surface area (Å²) in [5.74, 6) is -0.257. The molecule has 0 N–H and O–H groups in total. The van der Waals surface area contributed by atoms with Crippen LogP contribution in [0.15, 0.2) is 64.9 Å². The number of aryl methyl sites for hydroxylation is 1. The second-order valence-electron chi connectivity index (χ2n) is 8.43. The van der Waals surface area contributed by atoms with Gasteiger partial charge in [-0.05, 0) is 54.7 Å². The van der Waals surface area contributed by atoms with E-state index in [2.05, 4.69) is 4.74 Å². The molecule has 0 radical (unpaired) electrons. The number of rotatable bonds is 10. The van der Waals surface area contributed by atoms with Crippen molar-refractivity contribution in [2.24, 2.45) is 0 Å². The van der Waals surface area contributed by atoms with Crippen LogP contribution in [0.3, 0.4) is 0 Å². The molecule has 1 saturated heterocycles. The van der Waals surface area contributed by atoms with Crippen LogP contribution >= 0.6 is 22.9 Å². The molecule has 2 aromatic carbocycles. The van der Waals surface area contributed by atoms with Crippen molar-refractivity contribution in [2.75, 3.05) is 6.54 Å². The summed E-state index contributed by atoms with van der Waals surface area (Å²) >= 11 is 6.87. The Kier molecular flexibility index (Phi) is 8.47. The summed E-state index contributed by atoms with van der Waals surface area (Å²) in [5, 5.41) is 0. The van der Waals surface area contributed by atoms with Gasteiger partial charge in [-0.1, -0.05) is 41.9 Å². The van der Waals surface area contributed by atoms with Crippen molar-refractivity contribution in [2.45, 2.75) is 48.9 Å². The number of ketones is 1. The molecule has 0 amide bonds. The minimum Gasteiger partial charge on any atom is -0.489 e. The number of carbonyl (C=O) groups is 1. The Bertz CT molecular complexity index is 1340. The molecule has 1 aromatic heterocycles. The Morgan fingerprint density at radius 2 is 1.76 bits per heavy atom.